The van der Waals surface area contributed by atoms with Crippen molar-refractivity contribution in [2.45, 2.75) is 58.5 Å². The van der Waals surface area contributed by atoms with Crippen molar-refractivity contribution in [1.82, 2.24) is 0 Å². The Morgan fingerprint density at radius 2 is 1.00 bits per heavy atom. The molecule has 25 heavy (non-hydrogen) atoms. The van der Waals surface area contributed by atoms with Crippen LogP contribution in [0, 0.1) is 0 Å². The molecule has 4 unspecified atom stereocenters. The molecule has 0 fully saturated rings. The van der Waals surface area contributed by atoms with E-state index in [0.29, 0.717) is 0 Å². The molecule has 4 atom stereocenters. The summed E-state index contributed by atoms with van der Waals surface area (Å²) in [6.45, 7) is 4.80. The fraction of sp³-hybridized carbons (Fsp3) is 0.733. The second-order valence-corrected chi connectivity index (χ2v) is 5.20. The number of ether oxygens (including phenoxy) is 4. The van der Waals surface area contributed by atoms with Crippen LogP contribution in [-0.2, 0) is 38.1 Å². The van der Waals surface area contributed by atoms with Gasteiger partial charge in [-0.05, 0) is 27.7 Å². The first kappa shape index (κ1) is 22.8. The van der Waals surface area contributed by atoms with E-state index in [2.05, 4.69) is 9.47 Å². The van der Waals surface area contributed by atoms with Crippen molar-refractivity contribution in [3.8, 4) is 0 Å². The standard InChI is InChI=1S/C15H24O10/c1-8(16)12(18)24-10(3)14(20)22-6-5-7-23-15(21)11(4)25-13(19)9(2)17/h8-11,16-17H,5-7H2,1-4H3. The van der Waals surface area contributed by atoms with Gasteiger partial charge in [0.1, 0.15) is 12.2 Å². The Morgan fingerprint density at radius 1 is 0.680 bits per heavy atom. The summed E-state index contributed by atoms with van der Waals surface area (Å²) in [5.41, 5.74) is 0. The molecule has 10 heteroatoms. The number of aliphatic hydroxyl groups excluding tert-OH is 2. The lowest BCUT2D eigenvalue weighted by molar-refractivity contribution is -0.173. The Morgan fingerprint density at radius 3 is 1.28 bits per heavy atom. The van der Waals surface area contributed by atoms with Crippen molar-refractivity contribution in [2.75, 3.05) is 13.2 Å². The van der Waals surface area contributed by atoms with Gasteiger partial charge in [-0.1, -0.05) is 0 Å². The van der Waals surface area contributed by atoms with Crippen LogP contribution in [0.4, 0.5) is 0 Å². The average Bonchev–Trinajstić information content (AvgIpc) is 2.53. The van der Waals surface area contributed by atoms with Crippen LogP contribution in [0.3, 0.4) is 0 Å². The molecule has 0 aromatic heterocycles. The zero-order chi connectivity index (χ0) is 19.6. The molecule has 0 heterocycles. The molecule has 0 rings (SSSR count). The molecular weight excluding hydrogens is 340 g/mol. The van der Waals surface area contributed by atoms with E-state index in [1.54, 1.807) is 0 Å². The van der Waals surface area contributed by atoms with Crippen LogP contribution in [0.5, 0.6) is 0 Å². The lowest BCUT2D eigenvalue weighted by Crippen LogP contribution is -2.31. The summed E-state index contributed by atoms with van der Waals surface area (Å²) in [6, 6.07) is 0. The smallest absolute Gasteiger partial charge is 0.347 e. The summed E-state index contributed by atoms with van der Waals surface area (Å²) in [6.07, 6.45) is -4.88. The van der Waals surface area contributed by atoms with Crippen molar-refractivity contribution in [3.63, 3.8) is 0 Å². The van der Waals surface area contributed by atoms with E-state index in [1.165, 1.54) is 27.7 Å². The molecule has 0 aromatic rings. The Bertz CT molecular complexity index is 429. The minimum absolute atomic E-state index is 0.0927. The molecule has 0 amide bonds. The number of hydrogen-bond acceptors (Lipinski definition) is 10. The molecule has 0 aromatic carbocycles. The van der Waals surface area contributed by atoms with Crippen LogP contribution in [0.1, 0.15) is 34.1 Å². The first-order valence-electron chi connectivity index (χ1n) is 7.66. The minimum atomic E-state index is -1.35. The highest BCUT2D eigenvalue weighted by Crippen LogP contribution is 2.01. The normalized spacial score (nSPS) is 15.3. The topological polar surface area (TPSA) is 146 Å². The molecule has 2 N–H and O–H groups in total. The Labute approximate surface area is 145 Å². The number of carbonyl (C=O) groups is 4. The zero-order valence-corrected chi connectivity index (χ0v) is 14.6. The van der Waals surface area contributed by atoms with Gasteiger partial charge in [-0.25, -0.2) is 19.2 Å². The largest absolute Gasteiger partial charge is 0.463 e. The first-order valence-corrected chi connectivity index (χ1v) is 7.66. The predicted molar refractivity (Wildman–Crippen MR) is 81.0 cm³/mol. The van der Waals surface area contributed by atoms with Gasteiger partial charge in [0.05, 0.1) is 13.2 Å². The molecule has 0 radical (unpaired) electrons. The maximum absolute atomic E-state index is 11.5. The zero-order valence-electron chi connectivity index (χ0n) is 14.6. The van der Waals surface area contributed by atoms with E-state index in [4.69, 9.17) is 19.7 Å². The Hall–Kier alpha value is -2.20. The third-order valence-corrected chi connectivity index (χ3v) is 2.71. The van der Waals surface area contributed by atoms with E-state index >= 15 is 0 Å². The SMILES string of the molecule is CC(O)C(=O)OC(C)C(=O)OCCCOC(=O)C(C)OC(=O)C(C)O. The molecule has 0 saturated carbocycles. The first-order chi connectivity index (χ1) is 11.6. The van der Waals surface area contributed by atoms with Gasteiger partial charge in [-0.15, -0.1) is 0 Å². The second-order valence-electron chi connectivity index (χ2n) is 5.20. The maximum Gasteiger partial charge on any atom is 0.347 e. The maximum atomic E-state index is 11.5. The van der Waals surface area contributed by atoms with Crippen molar-refractivity contribution < 1.29 is 48.3 Å². The van der Waals surface area contributed by atoms with E-state index in [-0.39, 0.29) is 19.6 Å². The second kappa shape index (κ2) is 11.4. The molecular formula is C15H24O10. The molecule has 0 spiro atoms. The summed E-state index contributed by atoms with van der Waals surface area (Å²) >= 11 is 0. The Balaban J connectivity index is 3.94. The number of aliphatic hydroxyl groups is 2. The van der Waals surface area contributed by atoms with Crippen molar-refractivity contribution in [1.29, 1.82) is 0 Å². The number of hydrogen-bond donors (Lipinski definition) is 2. The fourth-order valence-electron chi connectivity index (χ4n) is 1.28. The van der Waals surface area contributed by atoms with Crippen molar-refractivity contribution >= 4 is 23.9 Å². The lowest BCUT2D eigenvalue weighted by atomic mass is 10.3. The monoisotopic (exact) mass is 364 g/mol. The van der Waals surface area contributed by atoms with Crippen molar-refractivity contribution in [3.05, 3.63) is 0 Å². The van der Waals surface area contributed by atoms with Crippen LogP contribution < -0.4 is 0 Å². The summed E-state index contributed by atoms with van der Waals surface area (Å²) in [5.74, 6) is -3.50. The summed E-state index contributed by atoms with van der Waals surface area (Å²) in [5, 5.41) is 17.9. The summed E-state index contributed by atoms with van der Waals surface area (Å²) in [7, 11) is 0. The highest BCUT2D eigenvalue weighted by molar-refractivity contribution is 5.81. The molecule has 0 aliphatic heterocycles. The van der Waals surface area contributed by atoms with Gasteiger partial charge < -0.3 is 29.2 Å². The van der Waals surface area contributed by atoms with Gasteiger partial charge in [0.2, 0.25) is 0 Å². The predicted octanol–water partition coefficient (Wildman–Crippen LogP) is -0.912. The lowest BCUT2D eigenvalue weighted by Gasteiger charge is -2.15. The highest BCUT2D eigenvalue weighted by atomic mass is 16.6. The fourth-order valence-corrected chi connectivity index (χ4v) is 1.28. The number of rotatable bonds is 10. The van der Waals surface area contributed by atoms with Gasteiger partial charge in [-0.3, -0.25) is 0 Å². The van der Waals surface area contributed by atoms with E-state index in [1.807, 2.05) is 0 Å². The van der Waals surface area contributed by atoms with Crippen LogP contribution >= 0.6 is 0 Å². The van der Waals surface area contributed by atoms with Crippen LogP contribution in [0.15, 0.2) is 0 Å². The summed E-state index contributed by atoms with van der Waals surface area (Å²) < 4.78 is 18.9. The van der Waals surface area contributed by atoms with Gasteiger partial charge in [0, 0.05) is 6.42 Å². The van der Waals surface area contributed by atoms with E-state index in [0.717, 1.165) is 0 Å². The summed E-state index contributed by atoms with van der Waals surface area (Å²) in [4.78, 5) is 45.2. The van der Waals surface area contributed by atoms with Crippen LogP contribution in [0.25, 0.3) is 0 Å². The van der Waals surface area contributed by atoms with Crippen LogP contribution in [0.2, 0.25) is 0 Å². The quantitative estimate of drug-likeness (QED) is 0.284. The third-order valence-electron chi connectivity index (χ3n) is 2.71. The minimum Gasteiger partial charge on any atom is -0.463 e. The van der Waals surface area contributed by atoms with Gasteiger partial charge in [-0.2, -0.15) is 0 Å². The molecule has 0 bridgehead atoms. The van der Waals surface area contributed by atoms with Gasteiger partial charge >= 0.3 is 23.9 Å². The van der Waals surface area contributed by atoms with Crippen molar-refractivity contribution in [2.24, 2.45) is 0 Å². The molecule has 0 saturated heterocycles. The number of esters is 4. The molecule has 0 aliphatic carbocycles. The molecule has 0 aliphatic rings. The molecule has 10 nitrogen and oxygen atoms in total. The highest BCUT2D eigenvalue weighted by Gasteiger charge is 2.23. The van der Waals surface area contributed by atoms with E-state index < -0.39 is 48.3 Å². The number of carbonyl (C=O) groups excluding carboxylic acids is 4. The molecule has 144 valence electrons. The third kappa shape index (κ3) is 9.62. The average molecular weight is 364 g/mol. The van der Waals surface area contributed by atoms with Gasteiger partial charge in [0.25, 0.3) is 0 Å². The van der Waals surface area contributed by atoms with E-state index in [9.17, 15) is 19.2 Å². The van der Waals surface area contributed by atoms with Crippen LogP contribution in [-0.4, -0.2) is 71.7 Å². The Kier molecular flexibility index (Phi) is 10.4. The van der Waals surface area contributed by atoms with Gasteiger partial charge in [0.15, 0.2) is 12.2 Å².